The van der Waals surface area contributed by atoms with Crippen molar-refractivity contribution < 1.29 is 12.8 Å². The second-order valence-electron chi connectivity index (χ2n) is 4.90. The maximum atomic E-state index is 13.0. The van der Waals surface area contributed by atoms with Crippen molar-refractivity contribution in [3.63, 3.8) is 0 Å². The highest BCUT2D eigenvalue weighted by Gasteiger charge is 2.23. The van der Waals surface area contributed by atoms with Crippen LogP contribution in [0.5, 0.6) is 0 Å². The first kappa shape index (κ1) is 20.6. The van der Waals surface area contributed by atoms with E-state index in [1.54, 1.807) is 0 Å². The molecule has 122 valence electrons. The van der Waals surface area contributed by atoms with Crippen molar-refractivity contribution in [2.45, 2.75) is 38.0 Å². The Morgan fingerprint density at radius 2 is 1.90 bits per heavy atom. The predicted octanol–water partition coefficient (Wildman–Crippen LogP) is 2.84. The Bertz CT molecular complexity index is 563. The van der Waals surface area contributed by atoms with Crippen molar-refractivity contribution in [2.24, 2.45) is 5.73 Å². The van der Waals surface area contributed by atoms with Crippen LogP contribution >= 0.6 is 24.0 Å². The molecule has 3 N–H and O–H groups in total. The fourth-order valence-electron chi connectivity index (χ4n) is 1.65. The summed E-state index contributed by atoms with van der Waals surface area (Å²) in [4.78, 5) is 0. The average Bonchev–Trinajstić information content (AvgIpc) is 2.40. The molecule has 0 aromatic heterocycles. The highest BCUT2D eigenvalue weighted by atomic mass is 35.5. The molecule has 0 aliphatic heterocycles. The van der Waals surface area contributed by atoms with E-state index in [1.807, 2.05) is 13.8 Å². The minimum Gasteiger partial charge on any atom is -0.324 e. The van der Waals surface area contributed by atoms with Crippen molar-refractivity contribution in [2.75, 3.05) is 6.54 Å². The van der Waals surface area contributed by atoms with Gasteiger partial charge in [0.05, 0.1) is 10.8 Å². The molecule has 21 heavy (non-hydrogen) atoms. The van der Waals surface area contributed by atoms with Crippen LogP contribution in [-0.4, -0.2) is 20.5 Å². The maximum Gasteiger partial charge on any atom is 0.215 e. The minimum atomic E-state index is -3.53. The van der Waals surface area contributed by atoms with E-state index in [4.69, 9.17) is 17.3 Å². The molecular formula is C13H21Cl2FN2O2S. The van der Waals surface area contributed by atoms with Gasteiger partial charge >= 0.3 is 0 Å². The SMILES string of the molecule is CCC(N)(CC)CNS(=O)(=O)Cc1ccc(F)c(Cl)c1.Cl. The Balaban J connectivity index is 0.00000400. The van der Waals surface area contributed by atoms with Gasteiger partial charge in [0.15, 0.2) is 0 Å². The molecule has 0 amide bonds. The summed E-state index contributed by atoms with van der Waals surface area (Å²) in [5.41, 5.74) is 5.93. The number of rotatable bonds is 7. The second kappa shape index (κ2) is 8.29. The zero-order chi connectivity index (χ0) is 15.4. The van der Waals surface area contributed by atoms with Crippen LogP contribution in [0.4, 0.5) is 4.39 Å². The summed E-state index contributed by atoms with van der Waals surface area (Å²) >= 11 is 5.63. The van der Waals surface area contributed by atoms with Crippen LogP contribution in [0.15, 0.2) is 18.2 Å². The first-order chi connectivity index (χ1) is 9.21. The molecule has 0 saturated heterocycles. The summed E-state index contributed by atoms with van der Waals surface area (Å²) < 4.78 is 39.5. The lowest BCUT2D eigenvalue weighted by Crippen LogP contribution is -2.49. The predicted molar refractivity (Wildman–Crippen MR) is 86.8 cm³/mol. The van der Waals surface area contributed by atoms with Crippen LogP contribution in [0.25, 0.3) is 0 Å². The summed E-state index contributed by atoms with van der Waals surface area (Å²) in [6.45, 7) is 4.01. The molecule has 0 radical (unpaired) electrons. The molecule has 0 heterocycles. The summed E-state index contributed by atoms with van der Waals surface area (Å²) in [5, 5.41) is -0.0898. The van der Waals surface area contributed by atoms with E-state index in [-0.39, 0.29) is 29.7 Å². The molecular weight excluding hydrogens is 338 g/mol. The van der Waals surface area contributed by atoms with Gasteiger partial charge in [-0.2, -0.15) is 0 Å². The number of benzene rings is 1. The van der Waals surface area contributed by atoms with Gasteiger partial charge in [0.2, 0.25) is 10.0 Å². The van der Waals surface area contributed by atoms with Gasteiger partial charge in [-0.3, -0.25) is 0 Å². The molecule has 0 unspecified atom stereocenters. The molecule has 0 atom stereocenters. The highest BCUT2D eigenvalue weighted by Crippen LogP contribution is 2.18. The zero-order valence-electron chi connectivity index (χ0n) is 12.0. The van der Waals surface area contributed by atoms with E-state index in [9.17, 15) is 12.8 Å². The molecule has 0 saturated carbocycles. The topological polar surface area (TPSA) is 72.2 Å². The van der Waals surface area contributed by atoms with Crippen molar-refractivity contribution in [3.8, 4) is 0 Å². The molecule has 0 aliphatic carbocycles. The molecule has 0 bridgehead atoms. The van der Waals surface area contributed by atoms with E-state index in [0.717, 1.165) is 6.07 Å². The Morgan fingerprint density at radius 3 is 2.38 bits per heavy atom. The number of hydrogen-bond donors (Lipinski definition) is 2. The lowest BCUT2D eigenvalue weighted by atomic mass is 9.95. The molecule has 4 nitrogen and oxygen atoms in total. The van der Waals surface area contributed by atoms with E-state index in [0.29, 0.717) is 18.4 Å². The minimum absolute atomic E-state index is 0. The van der Waals surface area contributed by atoms with Gasteiger partial charge in [0.25, 0.3) is 0 Å². The highest BCUT2D eigenvalue weighted by molar-refractivity contribution is 7.88. The molecule has 1 aromatic rings. The lowest BCUT2D eigenvalue weighted by Gasteiger charge is -2.26. The van der Waals surface area contributed by atoms with E-state index >= 15 is 0 Å². The van der Waals surface area contributed by atoms with Gasteiger partial charge in [-0.1, -0.05) is 31.5 Å². The number of halogens is 3. The van der Waals surface area contributed by atoms with Crippen LogP contribution in [0.3, 0.4) is 0 Å². The van der Waals surface area contributed by atoms with Gasteiger partial charge < -0.3 is 5.73 Å². The van der Waals surface area contributed by atoms with Crippen LogP contribution in [0.1, 0.15) is 32.3 Å². The standard InChI is InChI=1S/C13H20ClFN2O2S.ClH/c1-3-13(16,4-2)9-17-20(18,19)8-10-5-6-12(15)11(14)7-10;/h5-7,17H,3-4,8-9,16H2,1-2H3;1H. The van der Waals surface area contributed by atoms with Crippen molar-refractivity contribution in [1.29, 1.82) is 0 Å². The Kier molecular flexibility index (Phi) is 8.13. The van der Waals surface area contributed by atoms with Crippen LogP contribution < -0.4 is 10.5 Å². The van der Waals surface area contributed by atoms with Crippen LogP contribution in [0.2, 0.25) is 5.02 Å². The Hall–Kier alpha value is -0.400. The van der Waals surface area contributed by atoms with E-state index < -0.39 is 21.4 Å². The third kappa shape index (κ3) is 6.48. The number of hydrogen-bond acceptors (Lipinski definition) is 3. The molecule has 0 spiro atoms. The largest absolute Gasteiger partial charge is 0.324 e. The molecule has 1 aromatic carbocycles. The van der Waals surface area contributed by atoms with Gasteiger partial charge in [0.1, 0.15) is 5.82 Å². The van der Waals surface area contributed by atoms with Gasteiger partial charge in [-0.25, -0.2) is 17.5 Å². The van der Waals surface area contributed by atoms with Gasteiger partial charge in [0, 0.05) is 12.1 Å². The first-order valence-electron chi connectivity index (χ1n) is 6.41. The molecule has 0 aliphatic rings. The number of nitrogens with one attached hydrogen (secondary N) is 1. The number of nitrogens with two attached hydrogens (primary N) is 1. The first-order valence-corrected chi connectivity index (χ1v) is 8.44. The summed E-state index contributed by atoms with van der Waals surface area (Å²) in [6, 6.07) is 3.86. The maximum absolute atomic E-state index is 13.0. The van der Waals surface area contributed by atoms with Crippen molar-refractivity contribution >= 4 is 34.0 Å². The normalized spacial score (nSPS) is 12.0. The number of sulfonamides is 1. The average molecular weight is 359 g/mol. The lowest BCUT2D eigenvalue weighted by molar-refractivity contribution is 0.391. The fraction of sp³-hybridized carbons (Fsp3) is 0.538. The Labute approximate surface area is 136 Å². The molecule has 8 heteroatoms. The van der Waals surface area contributed by atoms with Crippen molar-refractivity contribution in [1.82, 2.24) is 4.72 Å². The van der Waals surface area contributed by atoms with E-state index in [1.165, 1.54) is 12.1 Å². The quantitative estimate of drug-likeness (QED) is 0.786. The monoisotopic (exact) mass is 358 g/mol. The smallest absolute Gasteiger partial charge is 0.215 e. The van der Waals surface area contributed by atoms with Gasteiger partial charge in [-0.05, 0) is 30.5 Å². The summed E-state index contributed by atoms with van der Waals surface area (Å²) in [5.74, 6) is -0.824. The van der Waals surface area contributed by atoms with Crippen molar-refractivity contribution in [3.05, 3.63) is 34.6 Å². The zero-order valence-corrected chi connectivity index (χ0v) is 14.4. The molecule has 0 fully saturated rings. The third-order valence-corrected chi connectivity index (χ3v) is 4.98. The fourth-order valence-corrected chi connectivity index (χ4v) is 3.08. The summed E-state index contributed by atoms with van der Waals surface area (Å²) in [7, 11) is -3.53. The van der Waals surface area contributed by atoms with Gasteiger partial charge in [-0.15, -0.1) is 12.4 Å². The summed E-state index contributed by atoms with van der Waals surface area (Å²) in [6.07, 6.45) is 1.35. The molecule has 1 rings (SSSR count). The third-order valence-electron chi connectivity index (χ3n) is 3.39. The van der Waals surface area contributed by atoms with Crippen LogP contribution in [0, 0.1) is 5.82 Å². The second-order valence-corrected chi connectivity index (χ2v) is 7.11. The van der Waals surface area contributed by atoms with E-state index in [2.05, 4.69) is 4.72 Å². The Morgan fingerprint density at radius 1 is 1.33 bits per heavy atom. The van der Waals surface area contributed by atoms with Crippen LogP contribution in [-0.2, 0) is 15.8 Å².